The molecule has 2 amide bonds. The van der Waals surface area contributed by atoms with Crippen molar-refractivity contribution < 1.29 is 14.3 Å². The molecule has 0 saturated carbocycles. The molecule has 7 heteroatoms. The van der Waals surface area contributed by atoms with Crippen LogP contribution in [0.15, 0.2) is 35.3 Å². The smallest absolute Gasteiger partial charge is 0.263 e. The molecule has 0 bridgehead atoms. The Morgan fingerprint density at radius 1 is 1.33 bits per heavy atom. The van der Waals surface area contributed by atoms with E-state index in [0.29, 0.717) is 36.5 Å². The van der Waals surface area contributed by atoms with E-state index in [0.717, 1.165) is 18.4 Å². The predicted molar refractivity (Wildman–Crippen MR) is 100.0 cm³/mol. The minimum Gasteiger partial charge on any atom is -0.376 e. The van der Waals surface area contributed by atoms with Crippen LogP contribution in [0.1, 0.15) is 44.7 Å². The zero-order valence-corrected chi connectivity index (χ0v) is 15.1. The van der Waals surface area contributed by atoms with Gasteiger partial charge in [0, 0.05) is 30.6 Å². The maximum absolute atomic E-state index is 12.8. The normalized spacial score (nSPS) is 18.3. The summed E-state index contributed by atoms with van der Waals surface area (Å²) >= 11 is 0. The van der Waals surface area contributed by atoms with Crippen molar-refractivity contribution in [2.75, 3.05) is 11.9 Å². The van der Waals surface area contributed by atoms with E-state index in [-0.39, 0.29) is 23.1 Å². The molecule has 1 unspecified atom stereocenters. The Balaban J connectivity index is 1.58. The number of carbonyl (C=O) groups is 2. The molecule has 2 aromatic rings. The van der Waals surface area contributed by atoms with Crippen molar-refractivity contribution in [3.63, 3.8) is 0 Å². The number of pyridine rings is 1. The van der Waals surface area contributed by atoms with Crippen LogP contribution in [0.3, 0.4) is 0 Å². The number of ether oxygens (including phenoxy) is 1. The summed E-state index contributed by atoms with van der Waals surface area (Å²) in [5.74, 6) is -0.560. The van der Waals surface area contributed by atoms with Gasteiger partial charge in [-0.2, -0.15) is 0 Å². The number of hydrogen-bond donors (Lipinski definition) is 2. The second kappa shape index (κ2) is 7.00. The number of aromatic nitrogens is 1. The second-order valence-electron chi connectivity index (χ2n) is 6.98. The average molecular weight is 367 g/mol. The Hall–Kier alpha value is -2.93. The zero-order chi connectivity index (χ0) is 19.0. The fourth-order valence-electron chi connectivity index (χ4n) is 3.60. The fourth-order valence-corrected chi connectivity index (χ4v) is 3.60. The summed E-state index contributed by atoms with van der Waals surface area (Å²) in [5.41, 5.74) is 2.44. The second-order valence-corrected chi connectivity index (χ2v) is 6.98. The lowest BCUT2D eigenvalue weighted by atomic mass is 10.1. The van der Waals surface area contributed by atoms with Gasteiger partial charge in [-0.15, -0.1) is 0 Å². The molecule has 1 aromatic heterocycles. The number of nitrogens with zero attached hydrogens (tertiary/aromatic N) is 1. The summed E-state index contributed by atoms with van der Waals surface area (Å²) in [6.07, 6.45) is 3.64. The van der Waals surface area contributed by atoms with Crippen molar-refractivity contribution in [3.8, 4) is 0 Å². The molecule has 2 aliphatic rings. The first-order valence-electron chi connectivity index (χ1n) is 9.07. The zero-order valence-electron chi connectivity index (χ0n) is 15.1. The molecule has 1 fully saturated rings. The molecular formula is C20H21N3O4. The highest BCUT2D eigenvalue weighted by atomic mass is 16.5. The molecule has 27 heavy (non-hydrogen) atoms. The first-order valence-corrected chi connectivity index (χ1v) is 9.07. The summed E-state index contributed by atoms with van der Waals surface area (Å²) in [4.78, 5) is 37.2. The number of amides is 2. The summed E-state index contributed by atoms with van der Waals surface area (Å²) in [5, 5.41) is 5.52. The van der Waals surface area contributed by atoms with Crippen LogP contribution in [0.2, 0.25) is 0 Å². The van der Waals surface area contributed by atoms with Gasteiger partial charge in [-0.25, -0.2) is 0 Å². The molecule has 0 aliphatic carbocycles. The molecule has 0 spiro atoms. The van der Waals surface area contributed by atoms with Crippen LogP contribution in [0.25, 0.3) is 0 Å². The first kappa shape index (κ1) is 17.5. The quantitative estimate of drug-likeness (QED) is 0.863. The van der Waals surface area contributed by atoms with Crippen LogP contribution in [0.5, 0.6) is 0 Å². The van der Waals surface area contributed by atoms with Gasteiger partial charge in [-0.3, -0.25) is 14.4 Å². The van der Waals surface area contributed by atoms with Crippen molar-refractivity contribution in [1.29, 1.82) is 0 Å². The first-order chi connectivity index (χ1) is 13.0. The van der Waals surface area contributed by atoms with E-state index < -0.39 is 5.91 Å². The molecule has 3 heterocycles. The molecule has 2 N–H and O–H groups in total. The lowest BCUT2D eigenvalue weighted by molar-refractivity contribution is 0.0952. The van der Waals surface area contributed by atoms with Gasteiger partial charge >= 0.3 is 0 Å². The van der Waals surface area contributed by atoms with Gasteiger partial charge in [0.2, 0.25) is 0 Å². The van der Waals surface area contributed by atoms with Crippen LogP contribution in [0, 0.1) is 6.92 Å². The largest absolute Gasteiger partial charge is 0.376 e. The van der Waals surface area contributed by atoms with Crippen LogP contribution in [0.4, 0.5) is 5.69 Å². The number of carbonyl (C=O) groups excluding carboxylic acids is 2. The third-order valence-corrected chi connectivity index (χ3v) is 5.07. The maximum atomic E-state index is 12.8. The van der Waals surface area contributed by atoms with Crippen LogP contribution >= 0.6 is 0 Å². The van der Waals surface area contributed by atoms with Gasteiger partial charge in [0.15, 0.2) is 0 Å². The molecule has 1 saturated heterocycles. The summed E-state index contributed by atoms with van der Waals surface area (Å²) in [6, 6.07) is 6.89. The van der Waals surface area contributed by atoms with E-state index >= 15 is 0 Å². The van der Waals surface area contributed by atoms with Crippen molar-refractivity contribution >= 4 is 17.5 Å². The SMILES string of the molecule is Cc1ccn(CC2CCCO2)c(=O)c1C(=O)Nc1ccc2c(c1)CNC2=O. The fraction of sp³-hybridized carbons (Fsp3) is 0.350. The molecule has 2 aliphatic heterocycles. The monoisotopic (exact) mass is 367 g/mol. The van der Waals surface area contributed by atoms with E-state index in [1.165, 1.54) is 0 Å². The predicted octanol–water partition coefficient (Wildman–Crippen LogP) is 1.83. The standard InChI is InChI=1S/C20H21N3O4/c1-12-6-7-23(11-15-3-2-8-27-15)20(26)17(12)19(25)22-14-4-5-16-13(9-14)10-21-18(16)24/h4-7,9,15H,2-3,8,10-11H2,1H3,(H,21,24)(H,22,25). The summed E-state index contributed by atoms with van der Waals surface area (Å²) in [6.45, 7) is 3.36. The van der Waals surface area contributed by atoms with Crippen LogP contribution < -0.4 is 16.2 Å². The van der Waals surface area contributed by atoms with E-state index in [9.17, 15) is 14.4 Å². The third-order valence-electron chi connectivity index (χ3n) is 5.07. The minimum atomic E-state index is -0.448. The highest BCUT2D eigenvalue weighted by Gasteiger charge is 2.22. The molecule has 1 aromatic carbocycles. The minimum absolute atomic E-state index is 0.0167. The topological polar surface area (TPSA) is 89.4 Å². The van der Waals surface area contributed by atoms with Crippen molar-refractivity contribution in [3.05, 3.63) is 63.1 Å². The Morgan fingerprint density at radius 2 is 2.19 bits per heavy atom. The maximum Gasteiger partial charge on any atom is 0.263 e. The number of aryl methyl sites for hydroxylation is 1. The highest BCUT2D eigenvalue weighted by molar-refractivity contribution is 6.05. The third kappa shape index (κ3) is 3.38. The molecule has 0 radical (unpaired) electrons. The number of fused-ring (bicyclic) bond motifs is 1. The van der Waals surface area contributed by atoms with Gasteiger partial charge in [-0.1, -0.05) is 0 Å². The number of benzene rings is 1. The lowest BCUT2D eigenvalue weighted by Crippen LogP contribution is -2.32. The Labute approximate surface area is 156 Å². The molecule has 7 nitrogen and oxygen atoms in total. The molecule has 1 atom stereocenters. The van der Waals surface area contributed by atoms with Crippen molar-refractivity contribution in [2.24, 2.45) is 0 Å². The van der Waals surface area contributed by atoms with Gasteiger partial charge in [0.1, 0.15) is 5.56 Å². The highest BCUT2D eigenvalue weighted by Crippen LogP contribution is 2.21. The Morgan fingerprint density at radius 3 is 2.96 bits per heavy atom. The number of nitrogens with one attached hydrogen (secondary N) is 2. The Bertz CT molecular complexity index is 974. The van der Waals surface area contributed by atoms with E-state index in [2.05, 4.69) is 10.6 Å². The van der Waals surface area contributed by atoms with Crippen molar-refractivity contribution in [2.45, 2.75) is 39.0 Å². The summed E-state index contributed by atoms with van der Waals surface area (Å²) < 4.78 is 7.14. The molecule has 140 valence electrons. The molecular weight excluding hydrogens is 346 g/mol. The number of anilines is 1. The van der Waals surface area contributed by atoms with Gasteiger partial charge in [0.05, 0.1) is 12.6 Å². The van der Waals surface area contributed by atoms with E-state index in [1.807, 2.05) is 0 Å². The number of hydrogen-bond acceptors (Lipinski definition) is 4. The summed E-state index contributed by atoms with van der Waals surface area (Å²) in [7, 11) is 0. The van der Waals surface area contributed by atoms with Crippen LogP contribution in [-0.2, 0) is 17.8 Å². The van der Waals surface area contributed by atoms with E-state index in [4.69, 9.17) is 4.74 Å². The Kier molecular flexibility index (Phi) is 4.53. The van der Waals surface area contributed by atoms with Gasteiger partial charge in [-0.05, 0) is 55.2 Å². The average Bonchev–Trinajstić information content (AvgIpc) is 3.27. The van der Waals surface area contributed by atoms with Gasteiger partial charge in [0.25, 0.3) is 17.4 Å². The van der Waals surface area contributed by atoms with Crippen LogP contribution in [-0.4, -0.2) is 29.1 Å². The van der Waals surface area contributed by atoms with Gasteiger partial charge < -0.3 is 19.9 Å². The van der Waals surface area contributed by atoms with E-state index in [1.54, 1.807) is 42.0 Å². The lowest BCUT2D eigenvalue weighted by Gasteiger charge is -2.14. The van der Waals surface area contributed by atoms with Crippen molar-refractivity contribution in [1.82, 2.24) is 9.88 Å². The number of rotatable bonds is 4. The molecule has 4 rings (SSSR count).